The molecule has 47 heavy (non-hydrogen) atoms. The van der Waals surface area contributed by atoms with E-state index in [0.29, 0.717) is 67.4 Å². The second kappa shape index (κ2) is 14.2. The molecule has 6 rings (SSSR count). The van der Waals surface area contributed by atoms with Crippen LogP contribution < -0.4 is 10.1 Å². The maximum Gasteiger partial charge on any atom is 0.179 e. The van der Waals surface area contributed by atoms with E-state index in [1.54, 1.807) is 60.0 Å². The SMILES string of the molecule is CN(CCS(=O)(=O)c1ccccc1)Cc1nc(-c2cc3c(Nc4ccc(OCc5cccc(F)c5)c(Br)c4)ncnc3cc2F)cs1. The first-order chi connectivity index (χ1) is 22.6. The third-order valence-electron chi connectivity index (χ3n) is 7.28. The van der Waals surface area contributed by atoms with Gasteiger partial charge in [-0.25, -0.2) is 32.2 Å². The van der Waals surface area contributed by atoms with Gasteiger partial charge in [-0.15, -0.1) is 11.3 Å². The van der Waals surface area contributed by atoms with Gasteiger partial charge in [-0.05, 0) is 77.1 Å². The summed E-state index contributed by atoms with van der Waals surface area (Å²) < 4.78 is 60.7. The van der Waals surface area contributed by atoms with Crippen LogP contribution in [0.3, 0.4) is 0 Å². The molecule has 0 atom stereocenters. The number of aromatic nitrogens is 3. The molecular weight excluding hydrogens is 708 g/mol. The molecule has 0 bridgehead atoms. The van der Waals surface area contributed by atoms with E-state index < -0.39 is 15.7 Å². The Morgan fingerprint density at radius 2 is 1.81 bits per heavy atom. The molecule has 4 aromatic carbocycles. The second-order valence-electron chi connectivity index (χ2n) is 10.8. The molecule has 0 aliphatic rings. The van der Waals surface area contributed by atoms with Crippen LogP contribution in [0.5, 0.6) is 5.75 Å². The fraction of sp³-hybridized carbons (Fsp3) is 0.147. The molecule has 0 fully saturated rings. The number of nitrogens with one attached hydrogen (secondary N) is 1. The van der Waals surface area contributed by atoms with Crippen LogP contribution in [-0.2, 0) is 23.0 Å². The number of rotatable bonds is 12. The van der Waals surface area contributed by atoms with Gasteiger partial charge in [0.2, 0.25) is 0 Å². The van der Waals surface area contributed by atoms with Crippen LogP contribution in [0.25, 0.3) is 22.2 Å². The summed E-state index contributed by atoms with van der Waals surface area (Å²) in [4.78, 5) is 15.5. The Bertz CT molecular complexity index is 2150. The largest absolute Gasteiger partial charge is 0.488 e. The van der Waals surface area contributed by atoms with Crippen LogP contribution in [0.2, 0.25) is 0 Å². The molecule has 2 heterocycles. The molecule has 1 N–H and O–H groups in total. The molecule has 2 aromatic heterocycles. The quantitative estimate of drug-likeness (QED) is 0.135. The monoisotopic (exact) mass is 735 g/mol. The minimum Gasteiger partial charge on any atom is -0.488 e. The molecular formula is C34H28BrF2N5O3S2. The highest BCUT2D eigenvalue weighted by Gasteiger charge is 2.18. The van der Waals surface area contributed by atoms with Crippen molar-refractivity contribution in [2.75, 3.05) is 24.7 Å². The number of halogens is 3. The average Bonchev–Trinajstić information content (AvgIpc) is 3.52. The fourth-order valence-electron chi connectivity index (χ4n) is 4.83. The molecule has 240 valence electrons. The van der Waals surface area contributed by atoms with Crippen molar-refractivity contribution in [3.8, 4) is 17.0 Å². The Hall–Kier alpha value is -4.30. The van der Waals surface area contributed by atoms with Crippen LogP contribution in [0.4, 0.5) is 20.3 Å². The Labute approximate surface area is 283 Å². The number of hydrogen-bond donors (Lipinski definition) is 1. The fourth-order valence-corrected chi connectivity index (χ4v) is 7.56. The average molecular weight is 737 g/mol. The highest BCUT2D eigenvalue weighted by Crippen LogP contribution is 2.34. The van der Waals surface area contributed by atoms with E-state index in [4.69, 9.17) is 4.74 Å². The van der Waals surface area contributed by atoms with Crippen molar-refractivity contribution in [3.05, 3.63) is 123 Å². The van der Waals surface area contributed by atoms with Gasteiger partial charge >= 0.3 is 0 Å². The molecule has 0 aliphatic heterocycles. The van der Waals surface area contributed by atoms with Gasteiger partial charge in [-0.2, -0.15) is 0 Å². The predicted octanol–water partition coefficient (Wildman–Crippen LogP) is 8.02. The van der Waals surface area contributed by atoms with Gasteiger partial charge in [-0.1, -0.05) is 30.3 Å². The molecule has 0 spiro atoms. The zero-order valence-electron chi connectivity index (χ0n) is 25.0. The normalized spacial score (nSPS) is 11.7. The lowest BCUT2D eigenvalue weighted by Gasteiger charge is -2.15. The summed E-state index contributed by atoms with van der Waals surface area (Å²) in [7, 11) is -1.58. The molecule has 0 radical (unpaired) electrons. The smallest absolute Gasteiger partial charge is 0.179 e. The molecule has 0 aliphatic carbocycles. The summed E-state index contributed by atoms with van der Waals surface area (Å²) >= 11 is 4.92. The number of fused-ring (bicyclic) bond motifs is 1. The van der Waals surface area contributed by atoms with Crippen molar-refractivity contribution < 1.29 is 21.9 Å². The maximum atomic E-state index is 15.3. The lowest BCUT2D eigenvalue weighted by atomic mass is 10.1. The number of benzene rings is 4. The number of anilines is 2. The number of nitrogens with zero attached hydrogens (tertiary/aromatic N) is 4. The maximum absolute atomic E-state index is 15.3. The van der Waals surface area contributed by atoms with Crippen LogP contribution in [0.1, 0.15) is 10.6 Å². The predicted molar refractivity (Wildman–Crippen MR) is 184 cm³/mol. The van der Waals surface area contributed by atoms with Crippen molar-refractivity contribution in [2.24, 2.45) is 0 Å². The second-order valence-corrected chi connectivity index (χ2v) is 14.7. The minimum absolute atomic E-state index is 0.0257. The van der Waals surface area contributed by atoms with E-state index >= 15 is 4.39 Å². The molecule has 0 unspecified atom stereocenters. The highest BCUT2D eigenvalue weighted by molar-refractivity contribution is 9.10. The first-order valence-corrected chi connectivity index (χ1v) is 17.8. The summed E-state index contributed by atoms with van der Waals surface area (Å²) in [5, 5.41) is 6.39. The standard InChI is InChI=1S/C34H28BrF2N5O3S2/c1-42(12-13-47(43,44)25-8-3-2-4-9-25)18-33-41-31(20-46-33)26-16-27-30(17-29(26)37)38-21-39-34(27)40-24-10-11-32(28(35)15-24)45-19-22-6-5-7-23(36)14-22/h2-11,14-17,20-21H,12-13,18-19H2,1H3,(H,38,39,40). The first kappa shape index (κ1) is 32.6. The van der Waals surface area contributed by atoms with E-state index in [1.165, 1.54) is 35.9 Å². The van der Waals surface area contributed by atoms with Gasteiger partial charge in [-0.3, -0.25) is 4.90 Å². The van der Waals surface area contributed by atoms with Crippen molar-refractivity contribution in [2.45, 2.75) is 18.0 Å². The third kappa shape index (κ3) is 7.99. The van der Waals surface area contributed by atoms with Crippen molar-refractivity contribution in [3.63, 3.8) is 0 Å². The summed E-state index contributed by atoms with van der Waals surface area (Å²) in [6, 6.07) is 23.1. The number of ether oxygens (including phenoxy) is 1. The zero-order chi connectivity index (χ0) is 33.0. The molecule has 0 amide bonds. The number of sulfone groups is 1. The molecule has 8 nitrogen and oxygen atoms in total. The van der Waals surface area contributed by atoms with E-state index in [0.717, 1.165) is 5.01 Å². The third-order valence-corrected chi connectivity index (χ3v) is 10.4. The van der Waals surface area contributed by atoms with Crippen LogP contribution in [0, 0.1) is 11.6 Å². The van der Waals surface area contributed by atoms with Gasteiger partial charge in [0.05, 0.1) is 32.9 Å². The summed E-state index contributed by atoms with van der Waals surface area (Å²) in [6.07, 6.45) is 1.37. The highest BCUT2D eigenvalue weighted by atomic mass is 79.9. The van der Waals surface area contributed by atoms with Crippen LogP contribution in [0.15, 0.2) is 106 Å². The summed E-state index contributed by atoms with van der Waals surface area (Å²) in [5.41, 5.74) is 2.60. The summed E-state index contributed by atoms with van der Waals surface area (Å²) in [6.45, 7) is 0.939. The molecule has 0 saturated heterocycles. The lowest BCUT2D eigenvalue weighted by molar-refractivity contribution is 0.303. The van der Waals surface area contributed by atoms with Crippen LogP contribution >= 0.6 is 27.3 Å². The number of thiazole rings is 1. The van der Waals surface area contributed by atoms with Crippen LogP contribution in [-0.4, -0.2) is 47.6 Å². The zero-order valence-corrected chi connectivity index (χ0v) is 28.2. The van der Waals surface area contributed by atoms with Gasteiger partial charge in [0.25, 0.3) is 0 Å². The van der Waals surface area contributed by atoms with Gasteiger partial charge in [0, 0.05) is 34.6 Å². The van der Waals surface area contributed by atoms with E-state index in [-0.39, 0.29) is 18.2 Å². The van der Waals surface area contributed by atoms with E-state index in [9.17, 15) is 12.8 Å². The Morgan fingerprint density at radius 1 is 0.979 bits per heavy atom. The number of hydrogen-bond acceptors (Lipinski definition) is 9. The molecule has 0 saturated carbocycles. The van der Waals surface area contributed by atoms with E-state index in [2.05, 4.69) is 36.2 Å². The lowest BCUT2D eigenvalue weighted by Crippen LogP contribution is -2.25. The molecule has 13 heteroatoms. The first-order valence-electron chi connectivity index (χ1n) is 14.4. The van der Waals surface area contributed by atoms with Crippen molar-refractivity contribution in [1.82, 2.24) is 19.9 Å². The van der Waals surface area contributed by atoms with Gasteiger partial charge in [0.1, 0.15) is 41.1 Å². The molecule has 6 aromatic rings. The van der Waals surface area contributed by atoms with Gasteiger partial charge in [0.15, 0.2) is 9.84 Å². The van der Waals surface area contributed by atoms with E-state index in [1.807, 2.05) is 24.1 Å². The van der Waals surface area contributed by atoms with Gasteiger partial charge < -0.3 is 10.1 Å². The Balaban J connectivity index is 1.15. The topological polar surface area (TPSA) is 97.3 Å². The summed E-state index contributed by atoms with van der Waals surface area (Å²) in [5.74, 6) is 0.245. The minimum atomic E-state index is -3.40. The van der Waals surface area contributed by atoms with Crippen molar-refractivity contribution in [1.29, 1.82) is 0 Å². The van der Waals surface area contributed by atoms with Crippen molar-refractivity contribution >= 4 is 59.5 Å². The Morgan fingerprint density at radius 3 is 2.60 bits per heavy atom. The Kier molecular flexibility index (Phi) is 9.87.